The number of hydrogen-bond donors (Lipinski definition) is 1. The third-order valence-electron chi connectivity index (χ3n) is 2.57. The van der Waals surface area contributed by atoms with Gasteiger partial charge in [-0.3, -0.25) is 0 Å². The Bertz CT molecular complexity index is 543. The first-order valence-electron chi connectivity index (χ1n) is 6.02. The molecule has 0 aliphatic heterocycles. The van der Waals surface area contributed by atoms with Gasteiger partial charge in [0.15, 0.2) is 0 Å². The average Bonchev–Trinajstić information content (AvgIpc) is 2.40. The van der Waals surface area contributed by atoms with Crippen molar-refractivity contribution in [2.24, 2.45) is 0 Å². The molecule has 0 saturated carbocycles. The summed E-state index contributed by atoms with van der Waals surface area (Å²) in [4.78, 5) is 8.87. The van der Waals surface area contributed by atoms with Gasteiger partial charge in [-0.25, -0.2) is 9.97 Å². The Hall–Kier alpha value is -1.26. The van der Waals surface area contributed by atoms with E-state index in [0.29, 0.717) is 0 Å². The van der Waals surface area contributed by atoms with Crippen LogP contribution in [0.15, 0.2) is 30.3 Å². The maximum atomic E-state index is 5.86. The van der Waals surface area contributed by atoms with Crippen molar-refractivity contribution in [1.82, 2.24) is 9.97 Å². The van der Waals surface area contributed by atoms with Gasteiger partial charge in [-0.05, 0) is 24.6 Å². The topological polar surface area (TPSA) is 37.8 Å². The van der Waals surface area contributed by atoms with Crippen molar-refractivity contribution in [3.05, 3.63) is 52.4 Å². The summed E-state index contributed by atoms with van der Waals surface area (Å²) in [6.45, 7) is 1.98. The highest BCUT2D eigenvalue weighted by Crippen LogP contribution is 2.18. The van der Waals surface area contributed by atoms with E-state index in [-0.39, 0.29) is 0 Å². The molecule has 5 heteroatoms. The van der Waals surface area contributed by atoms with Crippen LogP contribution in [0.4, 0.5) is 5.82 Å². The van der Waals surface area contributed by atoms with Crippen molar-refractivity contribution in [3.8, 4) is 0 Å². The second kappa shape index (κ2) is 6.78. The van der Waals surface area contributed by atoms with Gasteiger partial charge < -0.3 is 5.32 Å². The summed E-state index contributed by atoms with van der Waals surface area (Å²) >= 11 is 7.66. The molecule has 1 N–H and O–H groups in total. The van der Waals surface area contributed by atoms with Crippen molar-refractivity contribution in [2.45, 2.75) is 18.4 Å². The average molecular weight is 294 g/mol. The summed E-state index contributed by atoms with van der Waals surface area (Å²) in [5.41, 5.74) is 2.25. The van der Waals surface area contributed by atoms with Gasteiger partial charge in [0, 0.05) is 29.6 Å². The van der Waals surface area contributed by atoms with Crippen LogP contribution in [-0.4, -0.2) is 17.0 Å². The number of halogens is 1. The molecule has 2 rings (SSSR count). The Balaban J connectivity index is 1.92. The Morgan fingerprint density at radius 2 is 1.89 bits per heavy atom. The summed E-state index contributed by atoms with van der Waals surface area (Å²) in [7, 11) is 1.87. The SMILES string of the molecule is CNc1cc(C)nc(CSCc2ccc(Cl)cc2)n1. The molecular weight excluding hydrogens is 278 g/mol. The van der Waals surface area contributed by atoms with Crippen LogP contribution in [0, 0.1) is 6.92 Å². The lowest BCUT2D eigenvalue weighted by atomic mass is 10.2. The third kappa shape index (κ3) is 4.40. The van der Waals surface area contributed by atoms with Gasteiger partial charge in [0.2, 0.25) is 0 Å². The van der Waals surface area contributed by atoms with Crippen molar-refractivity contribution in [3.63, 3.8) is 0 Å². The van der Waals surface area contributed by atoms with Crippen molar-refractivity contribution in [2.75, 3.05) is 12.4 Å². The van der Waals surface area contributed by atoms with E-state index in [1.807, 2.05) is 44.3 Å². The number of thioether (sulfide) groups is 1. The van der Waals surface area contributed by atoms with Gasteiger partial charge >= 0.3 is 0 Å². The second-order valence-corrected chi connectivity index (χ2v) is 5.60. The van der Waals surface area contributed by atoms with Crippen LogP contribution in [0.25, 0.3) is 0 Å². The predicted molar refractivity (Wildman–Crippen MR) is 82.8 cm³/mol. The van der Waals surface area contributed by atoms with Gasteiger partial charge in [0.05, 0.1) is 5.75 Å². The minimum Gasteiger partial charge on any atom is -0.373 e. The summed E-state index contributed by atoms with van der Waals surface area (Å²) in [6.07, 6.45) is 0. The van der Waals surface area contributed by atoms with Gasteiger partial charge in [0.1, 0.15) is 11.6 Å². The molecule has 0 fully saturated rings. The van der Waals surface area contributed by atoms with E-state index in [1.54, 1.807) is 11.8 Å². The van der Waals surface area contributed by atoms with E-state index in [1.165, 1.54) is 5.56 Å². The number of aromatic nitrogens is 2. The molecule has 100 valence electrons. The van der Waals surface area contributed by atoms with Gasteiger partial charge in [-0.15, -0.1) is 11.8 Å². The number of nitrogens with one attached hydrogen (secondary N) is 1. The highest BCUT2D eigenvalue weighted by molar-refractivity contribution is 7.97. The van der Waals surface area contributed by atoms with Gasteiger partial charge in [-0.1, -0.05) is 23.7 Å². The van der Waals surface area contributed by atoms with Crippen LogP contribution in [0.2, 0.25) is 5.02 Å². The maximum Gasteiger partial charge on any atom is 0.140 e. The molecule has 0 saturated heterocycles. The normalized spacial score (nSPS) is 10.5. The molecule has 0 bridgehead atoms. The standard InChI is InChI=1S/C14H16ClN3S/c1-10-7-13(16-2)18-14(17-10)9-19-8-11-3-5-12(15)6-4-11/h3-7H,8-9H2,1-2H3,(H,16,17,18). The minimum atomic E-state index is 0.773. The molecule has 0 aliphatic rings. The monoisotopic (exact) mass is 293 g/mol. The molecule has 1 aromatic heterocycles. The Morgan fingerprint density at radius 3 is 2.58 bits per heavy atom. The van der Waals surface area contributed by atoms with E-state index in [9.17, 15) is 0 Å². The van der Waals surface area contributed by atoms with Crippen LogP contribution in [0.3, 0.4) is 0 Å². The molecule has 3 nitrogen and oxygen atoms in total. The first kappa shape index (κ1) is 14.2. The Morgan fingerprint density at radius 1 is 1.16 bits per heavy atom. The van der Waals surface area contributed by atoms with Crippen LogP contribution in [-0.2, 0) is 11.5 Å². The molecule has 2 aromatic rings. The summed E-state index contributed by atoms with van der Waals surface area (Å²) in [5, 5.41) is 3.82. The zero-order valence-corrected chi connectivity index (χ0v) is 12.6. The first-order chi connectivity index (χ1) is 9.17. The van der Waals surface area contributed by atoms with Crippen LogP contribution in [0.1, 0.15) is 17.1 Å². The van der Waals surface area contributed by atoms with Crippen LogP contribution in [0.5, 0.6) is 0 Å². The van der Waals surface area contributed by atoms with Crippen molar-refractivity contribution < 1.29 is 0 Å². The van der Waals surface area contributed by atoms with Gasteiger partial charge in [0.25, 0.3) is 0 Å². The fraction of sp³-hybridized carbons (Fsp3) is 0.286. The molecule has 1 heterocycles. The zero-order chi connectivity index (χ0) is 13.7. The number of nitrogens with zero attached hydrogens (tertiary/aromatic N) is 2. The Labute approximate surface area is 122 Å². The van der Waals surface area contributed by atoms with Gasteiger partial charge in [-0.2, -0.15) is 0 Å². The molecule has 0 aliphatic carbocycles. The summed E-state index contributed by atoms with van der Waals surface area (Å²) in [5.74, 6) is 3.47. The molecule has 19 heavy (non-hydrogen) atoms. The quantitative estimate of drug-likeness (QED) is 0.907. The number of hydrogen-bond acceptors (Lipinski definition) is 4. The van der Waals surface area contributed by atoms with E-state index in [4.69, 9.17) is 11.6 Å². The predicted octanol–water partition coefficient (Wildman–Crippen LogP) is 3.91. The molecular formula is C14H16ClN3S. The second-order valence-electron chi connectivity index (χ2n) is 4.18. The third-order valence-corrected chi connectivity index (χ3v) is 3.82. The summed E-state index contributed by atoms with van der Waals surface area (Å²) < 4.78 is 0. The number of anilines is 1. The van der Waals surface area contributed by atoms with Crippen LogP contribution < -0.4 is 5.32 Å². The Kier molecular flexibility index (Phi) is 5.05. The number of rotatable bonds is 5. The van der Waals surface area contributed by atoms with E-state index < -0.39 is 0 Å². The highest BCUT2D eigenvalue weighted by atomic mass is 35.5. The lowest BCUT2D eigenvalue weighted by Crippen LogP contribution is -2.00. The van der Waals surface area contributed by atoms with E-state index in [2.05, 4.69) is 15.3 Å². The number of benzene rings is 1. The largest absolute Gasteiger partial charge is 0.373 e. The van der Waals surface area contributed by atoms with E-state index >= 15 is 0 Å². The van der Waals surface area contributed by atoms with E-state index in [0.717, 1.165) is 33.9 Å². The molecule has 0 spiro atoms. The fourth-order valence-electron chi connectivity index (χ4n) is 1.66. The smallest absolute Gasteiger partial charge is 0.140 e. The first-order valence-corrected chi connectivity index (χ1v) is 7.55. The zero-order valence-electron chi connectivity index (χ0n) is 11.0. The van der Waals surface area contributed by atoms with Crippen molar-refractivity contribution in [1.29, 1.82) is 0 Å². The van der Waals surface area contributed by atoms with Crippen molar-refractivity contribution >= 4 is 29.2 Å². The molecule has 0 amide bonds. The molecule has 0 unspecified atom stereocenters. The molecule has 0 atom stereocenters. The maximum absolute atomic E-state index is 5.86. The minimum absolute atomic E-state index is 0.773. The van der Waals surface area contributed by atoms with Crippen LogP contribution >= 0.6 is 23.4 Å². The summed E-state index contributed by atoms with van der Waals surface area (Å²) in [6, 6.07) is 9.86. The number of aryl methyl sites for hydroxylation is 1. The molecule has 1 aromatic carbocycles. The fourth-order valence-corrected chi connectivity index (χ4v) is 2.63. The lowest BCUT2D eigenvalue weighted by Gasteiger charge is -2.05. The lowest BCUT2D eigenvalue weighted by molar-refractivity contribution is 0.996. The highest BCUT2D eigenvalue weighted by Gasteiger charge is 2.02. The molecule has 0 radical (unpaired) electrons.